The Hall–Kier alpha value is -3.28. The Bertz CT molecular complexity index is 1160. The molecule has 130 valence electrons. The Morgan fingerprint density at radius 2 is 1.96 bits per heavy atom. The molecule has 0 aliphatic carbocycles. The number of carbonyl (C=O) groups is 1. The summed E-state index contributed by atoms with van der Waals surface area (Å²) in [6, 6.07) is 11.5. The summed E-state index contributed by atoms with van der Waals surface area (Å²) in [6.07, 6.45) is 5.54. The largest absolute Gasteiger partial charge is 0.310 e. The number of aromatic nitrogens is 3. The maximum atomic E-state index is 13.8. The minimum atomic E-state index is -0.418. The van der Waals surface area contributed by atoms with Crippen LogP contribution in [0.15, 0.2) is 65.8 Å². The van der Waals surface area contributed by atoms with Gasteiger partial charge in [0.05, 0.1) is 11.0 Å². The van der Waals surface area contributed by atoms with E-state index in [2.05, 4.69) is 4.98 Å². The summed E-state index contributed by atoms with van der Waals surface area (Å²) in [5.41, 5.74) is 2.31. The molecule has 3 heterocycles. The first-order valence-corrected chi connectivity index (χ1v) is 8.33. The van der Waals surface area contributed by atoms with Gasteiger partial charge in [-0.05, 0) is 42.0 Å². The van der Waals surface area contributed by atoms with E-state index in [-0.39, 0.29) is 30.7 Å². The molecule has 0 N–H and O–H groups in total. The summed E-state index contributed by atoms with van der Waals surface area (Å²) in [7, 11) is 0. The van der Waals surface area contributed by atoms with Gasteiger partial charge in [0.25, 0.3) is 5.56 Å². The van der Waals surface area contributed by atoms with Crippen molar-refractivity contribution in [2.24, 2.45) is 0 Å². The number of nitrogens with zero attached hydrogens (tertiary/aromatic N) is 3. The van der Waals surface area contributed by atoms with E-state index in [4.69, 9.17) is 0 Å². The van der Waals surface area contributed by atoms with Crippen molar-refractivity contribution in [1.82, 2.24) is 14.0 Å². The standard InChI is InChI=1S/C20H16FN3O2/c21-15-5-6-17-19(12-15)24(20(26)18-4-2-9-23(17)18)10-7-16(25)11-14-3-1-8-22-13-14/h1-6,8-9,12-13H,7,10-11H2. The highest BCUT2D eigenvalue weighted by Crippen LogP contribution is 2.17. The molecule has 3 aromatic heterocycles. The lowest BCUT2D eigenvalue weighted by atomic mass is 10.1. The molecule has 0 amide bonds. The Labute approximate surface area is 148 Å². The van der Waals surface area contributed by atoms with Gasteiger partial charge in [-0.1, -0.05) is 6.07 Å². The van der Waals surface area contributed by atoms with Crippen LogP contribution < -0.4 is 5.56 Å². The van der Waals surface area contributed by atoms with Gasteiger partial charge in [-0.15, -0.1) is 0 Å². The van der Waals surface area contributed by atoms with Crippen LogP contribution in [-0.4, -0.2) is 19.7 Å². The van der Waals surface area contributed by atoms with Gasteiger partial charge in [0, 0.05) is 38.0 Å². The summed E-state index contributed by atoms with van der Waals surface area (Å²) in [5.74, 6) is -0.413. The number of pyridine rings is 1. The first-order chi connectivity index (χ1) is 12.6. The number of Topliss-reactive ketones (excluding diaryl/α,β-unsaturated/α-hetero) is 1. The molecule has 0 aliphatic heterocycles. The third kappa shape index (κ3) is 2.90. The van der Waals surface area contributed by atoms with Crippen molar-refractivity contribution in [3.63, 3.8) is 0 Å². The lowest BCUT2D eigenvalue weighted by Gasteiger charge is -2.12. The highest BCUT2D eigenvalue weighted by Gasteiger charge is 2.13. The molecule has 5 nitrogen and oxygen atoms in total. The number of ketones is 1. The molecule has 0 radical (unpaired) electrons. The van der Waals surface area contributed by atoms with E-state index in [0.29, 0.717) is 11.0 Å². The lowest BCUT2D eigenvalue weighted by molar-refractivity contribution is -0.118. The molecule has 0 saturated carbocycles. The van der Waals surface area contributed by atoms with E-state index in [1.165, 1.54) is 16.7 Å². The van der Waals surface area contributed by atoms with Crippen LogP contribution in [0, 0.1) is 5.82 Å². The fourth-order valence-electron chi connectivity index (χ4n) is 3.21. The van der Waals surface area contributed by atoms with Gasteiger partial charge in [-0.2, -0.15) is 0 Å². The van der Waals surface area contributed by atoms with Crippen LogP contribution in [0.25, 0.3) is 16.6 Å². The number of fused-ring (bicyclic) bond motifs is 3. The van der Waals surface area contributed by atoms with Gasteiger partial charge in [0.15, 0.2) is 0 Å². The number of aryl methyl sites for hydroxylation is 1. The van der Waals surface area contributed by atoms with Crippen LogP contribution in [0.1, 0.15) is 12.0 Å². The highest BCUT2D eigenvalue weighted by molar-refractivity contribution is 5.82. The van der Waals surface area contributed by atoms with Crippen molar-refractivity contribution in [3.8, 4) is 0 Å². The molecule has 0 unspecified atom stereocenters. The van der Waals surface area contributed by atoms with Crippen LogP contribution in [-0.2, 0) is 17.8 Å². The SMILES string of the molecule is O=C(CCn1c(=O)c2cccn2c2ccc(F)cc21)Cc1cccnc1. The third-order valence-electron chi connectivity index (χ3n) is 4.44. The molecular weight excluding hydrogens is 333 g/mol. The van der Waals surface area contributed by atoms with E-state index >= 15 is 0 Å². The second kappa shape index (κ2) is 6.55. The molecule has 0 atom stereocenters. The zero-order chi connectivity index (χ0) is 18.1. The van der Waals surface area contributed by atoms with Crippen molar-refractivity contribution in [2.45, 2.75) is 19.4 Å². The van der Waals surface area contributed by atoms with Crippen molar-refractivity contribution in [1.29, 1.82) is 0 Å². The van der Waals surface area contributed by atoms with E-state index in [1.807, 2.05) is 6.07 Å². The van der Waals surface area contributed by atoms with Gasteiger partial charge in [-0.25, -0.2) is 4.39 Å². The monoisotopic (exact) mass is 349 g/mol. The van der Waals surface area contributed by atoms with Crippen molar-refractivity contribution < 1.29 is 9.18 Å². The number of rotatable bonds is 5. The quantitative estimate of drug-likeness (QED) is 0.557. The molecule has 0 bridgehead atoms. The van der Waals surface area contributed by atoms with E-state index in [1.54, 1.807) is 47.3 Å². The molecular formula is C20H16FN3O2. The van der Waals surface area contributed by atoms with Gasteiger partial charge < -0.3 is 8.97 Å². The van der Waals surface area contributed by atoms with Crippen LogP contribution in [0.5, 0.6) is 0 Å². The van der Waals surface area contributed by atoms with Crippen LogP contribution >= 0.6 is 0 Å². The van der Waals surface area contributed by atoms with Gasteiger partial charge >= 0.3 is 0 Å². The van der Waals surface area contributed by atoms with Crippen molar-refractivity contribution in [2.75, 3.05) is 0 Å². The average molecular weight is 349 g/mol. The number of carbonyl (C=O) groups excluding carboxylic acids is 1. The highest BCUT2D eigenvalue weighted by atomic mass is 19.1. The Morgan fingerprint density at radius 3 is 2.77 bits per heavy atom. The minimum Gasteiger partial charge on any atom is -0.310 e. The molecule has 4 aromatic rings. The van der Waals surface area contributed by atoms with Gasteiger partial charge in [-0.3, -0.25) is 14.6 Å². The Kier molecular flexibility index (Phi) is 4.08. The topological polar surface area (TPSA) is 56.4 Å². The summed E-state index contributed by atoms with van der Waals surface area (Å²) in [4.78, 5) is 29.1. The second-order valence-corrected chi connectivity index (χ2v) is 6.18. The van der Waals surface area contributed by atoms with Crippen LogP contribution in [0.2, 0.25) is 0 Å². The number of hydrogen-bond acceptors (Lipinski definition) is 3. The summed E-state index contributed by atoms with van der Waals surface area (Å²) >= 11 is 0. The fraction of sp³-hybridized carbons (Fsp3) is 0.150. The number of hydrogen-bond donors (Lipinski definition) is 0. The molecule has 0 aliphatic rings. The predicted molar refractivity (Wildman–Crippen MR) is 96.7 cm³/mol. The average Bonchev–Trinajstić information content (AvgIpc) is 3.12. The molecule has 26 heavy (non-hydrogen) atoms. The fourth-order valence-corrected chi connectivity index (χ4v) is 3.21. The summed E-state index contributed by atoms with van der Waals surface area (Å²) in [6.45, 7) is 0.208. The van der Waals surface area contributed by atoms with Gasteiger partial charge in [0.1, 0.15) is 17.1 Å². The Morgan fingerprint density at radius 1 is 1.08 bits per heavy atom. The first kappa shape index (κ1) is 16.2. The maximum Gasteiger partial charge on any atom is 0.275 e. The summed E-state index contributed by atoms with van der Waals surface area (Å²) in [5, 5.41) is 0. The van der Waals surface area contributed by atoms with Crippen LogP contribution in [0.3, 0.4) is 0 Å². The van der Waals surface area contributed by atoms with E-state index < -0.39 is 5.82 Å². The number of halogens is 1. The smallest absolute Gasteiger partial charge is 0.275 e. The third-order valence-corrected chi connectivity index (χ3v) is 4.44. The molecule has 1 aromatic carbocycles. The molecule has 0 saturated heterocycles. The molecule has 4 rings (SSSR count). The van der Waals surface area contributed by atoms with Crippen molar-refractivity contribution >= 4 is 22.3 Å². The van der Waals surface area contributed by atoms with E-state index in [0.717, 1.165) is 11.1 Å². The number of benzene rings is 1. The summed E-state index contributed by atoms with van der Waals surface area (Å²) < 4.78 is 17.0. The molecule has 6 heteroatoms. The zero-order valence-corrected chi connectivity index (χ0v) is 13.9. The first-order valence-electron chi connectivity index (χ1n) is 8.33. The molecule has 0 spiro atoms. The molecule has 0 fully saturated rings. The van der Waals surface area contributed by atoms with Crippen LogP contribution in [0.4, 0.5) is 4.39 Å². The minimum absolute atomic E-state index is 0.00436. The Balaban J connectivity index is 1.69. The van der Waals surface area contributed by atoms with E-state index in [9.17, 15) is 14.0 Å². The zero-order valence-electron chi connectivity index (χ0n) is 13.9. The normalized spacial score (nSPS) is 11.3. The van der Waals surface area contributed by atoms with Crippen molar-refractivity contribution in [3.05, 3.63) is 82.8 Å². The second-order valence-electron chi connectivity index (χ2n) is 6.18. The maximum absolute atomic E-state index is 13.8. The predicted octanol–water partition coefficient (Wildman–Crippen LogP) is 2.99. The lowest BCUT2D eigenvalue weighted by Crippen LogP contribution is -2.24. The van der Waals surface area contributed by atoms with Gasteiger partial charge in [0.2, 0.25) is 0 Å².